The molecular weight excluding hydrogens is 328 g/mol. The zero-order valence-corrected chi connectivity index (χ0v) is 14.8. The van der Waals surface area contributed by atoms with Gasteiger partial charge in [0.15, 0.2) is 5.78 Å². The van der Waals surface area contributed by atoms with Crippen molar-refractivity contribution >= 4 is 21.7 Å². The summed E-state index contributed by atoms with van der Waals surface area (Å²) in [6.45, 7) is 9.17. The Kier molecular flexibility index (Phi) is 3.29. The van der Waals surface area contributed by atoms with E-state index in [4.69, 9.17) is 4.74 Å². The van der Waals surface area contributed by atoms with Gasteiger partial charge in [-0.1, -0.05) is 43.6 Å². The number of hydrogen-bond acceptors (Lipinski definition) is 2. The predicted octanol–water partition coefficient (Wildman–Crippen LogP) is 5.39. The minimum atomic E-state index is -0.330. The molecule has 0 aromatic heterocycles. The predicted molar refractivity (Wildman–Crippen MR) is 87.9 cm³/mol. The molecule has 0 amide bonds. The minimum Gasteiger partial charge on any atom is -0.486 e. The third-order valence-corrected chi connectivity index (χ3v) is 5.10. The molecule has 1 aromatic rings. The van der Waals surface area contributed by atoms with Crippen LogP contribution in [0, 0.1) is 10.8 Å². The molecule has 0 N–H and O–H groups in total. The molecule has 2 aliphatic rings. The summed E-state index contributed by atoms with van der Waals surface area (Å²) >= 11 is 3.43. The fraction of sp³-hybridized carbons (Fsp3) is 0.611. The molecule has 0 bridgehead atoms. The number of carbonyl (C=O) groups is 1. The fourth-order valence-corrected chi connectivity index (χ4v) is 5.25. The van der Waals surface area contributed by atoms with Gasteiger partial charge in [-0.05, 0) is 48.3 Å². The summed E-state index contributed by atoms with van der Waals surface area (Å²) in [4.78, 5) is 12.6. The number of Topliss-reactive ketones (excluding diaryl/α,β-unsaturated/α-hetero) is 1. The molecule has 21 heavy (non-hydrogen) atoms. The van der Waals surface area contributed by atoms with Crippen molar-refractivity contribution in [3.63, 3.8) is 0 Å². The van der Waals surface area contributed by atoms with Crippen LogP contribution in [0.2, 0.25) is 0 Å². The molecule has 2 nitrogen and oxygen atoms in total. The van der Waals surface area contributed by atoms with Crippen molar-refractivity contribution in [2.75, 3.05) is 0 Å². The largest absolute Gasteiger partial charge is 0.486 e. The third-order valence-electron chi connectivity index (χ3n) is 4.61. The van der Waals surface area contributed by atoms with E-state index in [9.17, 15) is 4.79 Å². The lowest BCUT2D eigenvalue weighted by Gasteiger charge is -2.52. The van der Waals surface area contributed by atoms with E-state index >= 15 is 0 Å². The smallest absolute Gasteiger partial charge is 0.170 e. The Bertz CT molecular complexity index is 585. The fourth-order valence-electron chi connectivity index (χ4n) is 4.89. The van der Waals surface area contributed by atoms with Gasteiger partial charge >= 0.3 is 0 Å². The molecule has 1 spiro atoms. The molecular formula is C18H23BrO2. The lowest BCUT2D eigenvalue weighted by Crippen LogP contribution is -2.52. The summed E-state index contributed by atoms with van der Waals surface area (Å²) in [5.74, 6) is 0.967. The van der Waals surface area contributed by atoms with Crippen LogP contribution in [-0.2, 0) is 0 Å². The number of halogens is 1. The Morgan fingerprint density at radius 3 is 2.29 bits per heavy atom. The molecule has 3 rings (SSSR count). The summed E-state index contributed by atoms with van der Waals surface area (Å²) in [7, 11) is 0. The normalized spacial score (nSPS) is 25.3. The maximum absolute atomic E-state index is 12.6. The third kappa shape index (κ3) is 2.90. The van der Waals surface area contributed by atoms with Crippen LogP contribution in [0.3, 0.4) is 0 Å². The lowest BCUT2D eigenvalue weighted by molar-refractivity contribution is -0.0714. The van der Waals surface area contributed by atoms with Crippen LogP contribution in [0.5, 0.6) is 5.75 Å². The lowest BCUT2D eigenvalue weighted by atomic mass is 9.58. The molecule has 1 saturated carbocycles. The number of hydrogen-bond donors (Lipinski definition) is 0. The van der Waals surface area contributed by atoms with Crippen LogP contribution in [0.25, 0.3) is 0 Å². The highest BCUT2D eigenvalue weighted by Gasteiger charge is 2.51. The Hall–Kier alpha value is -0.830. The molecule has 114 valence electrons. The summed E-state index contributed by atoms with van der Waals surface area (Å²) in [5, 5.41) is 0. The van der Waals surface area contributed by atoms with Crippen LogP contribution in [0.15, 0.2) is 22.7 Å². The average molecular weight is 351 g/mol. The SMILES string of the molecule is CC1(C)CC(C)(C)CC2(CC(=O)c3cc(Br)ccc3O2)C1. The molecule has 1 aliphatic carbocycles. The Labute approximate surface area is 135 Å². The summed E-state index contributed by atoms with van der Waals surface area (Å²) in [6, 6.07) is 5.75. The maximum atomic E-state index is 12.6. The Morgan fingerprint density at radius 2 is 1.67 bits per heavy atom. The first-order valence-electron chi connectivity index (χ1n) is 7.62. The van der Waals surface area contributed by atoms with Crippen LogP contribution >= 0.6 is 15.9 Å². The van der Waals surface area contributed by atoms with E-state index in [0.29, 0.717) is 6.42 Å². The summed E-state index contributed by atoms with van der Waals surface area (Å²) in [5.41, 5.74) is 0.795. The number of benzene rings is 1. The van der Waals surface area contributed by atoms with Crippen molar-refractivity contribution in [1.82, 2.24) is 0 Å². The van der Waals surface area contributed by atoms with Gasteiger partial charge in [-0.25, -0.2) is 0 Å². The van der Waals surface area contributed by atoms with Gasteiger partial charge in [0.2, 0.25) is 0 Å². The van der Waals surface area contributed by atoms with Crippen molar-refractivity contribution in [2.24, 2.45) is 10.8 Å². The summed E-state index contributed by atoms with van der Waals surface area (Å²) < 4.78 is 7.34. The van der Waals surface area contributed by atoms with E-state index in [2.05, 4.69) is 43.6 Å². The van der Waals surface area contributed by atoms with E-state index in [1.165, 1.54) is 6.42 Å². The van der Waals surface area contributed by atoms with Gasteiger partial charge in [0, 0.05) is 4.47 Å². The van der Waals surface area contributed by atoms with Crippen molar-refractivity contribution in [2.45, 2.75) is 59.0 Å². The molecule has 0 saturated heterocycles. The highest BCUT2D eigenvalue weighted by molar-refractivity contribution is 9.10. The molecule has 1 heterocycles. The molecule has 1 aliphatic heterocycles. The Balaban J connectivity index is 2.01. The molecule has 3 heteroatoms. The van der Waals surface area contributed by atoms with Gasteiger partial charge in [0.1, 0.15) is 11.4 Å². The second-order valence-electron chi connectivity index (χ2n) is 8.38. The quantitative estimate of drug-likeness (QED) is 0.626. The molecule has 0 unspecified atom stereocenters. The first kappa shape index (κ1) is 15.1. The zero-order chi connectivity index (χ0) is 15.5. The van der Waals surface area contributed by atoms with E-state index in [0.717, 1.165) is 28.6 Å². The van der Waals surface area contributed by atoms with Gasteiger partial charge < -0.3 is 4.74 Å². The second kappa shape index (κ2) is 4.58. The topological polar surface area (TPSA) is 26.3 Å². The standard InChI is InChI=1S/C18H23BrO2/c1-16(2)9-17(3,4)11-18(10-16)8-14(20)13-7-12(19)5-6-15(13)21-18/h5-7H,8-11H2,1-4H3. The molecule has 0 radical (unpaired) electrons. The highest BCUT2D eigenvalue weighted by atomic mass is 79.9. The molecule has 1 aromatic carbocycles. The van der Waals surface area contributed by atoms with Crippen molar-refractivity contribution in [1.29, 1.82) is 0 Å². The van der Waals surface area contributed by atoms with Crippen molar-refractivity contribution in [3.8, 4) is 5.75 Å². The van der Waals surface area contributed by atoms with Gasteiger partial charge in [-0.15, -0.1) is 0 Å². The van der Waals surface area contributed by atoms with Gasteiger partial charge in [-0.3, -0.25) is 4.79 Å². The number of ether oxygens (including phenoxy) is 1. The molecule has 0 atom stereocenters. The van der Waals surface area contributed by atoms with Gasteiger partial charge in [0.25, 0.3) is 0 Å². The van der Waals surface area contributed by atoms with Crippen molar-refractivity contribution in [3.05, 3.63) is 28.2 Å². The summed E-state index contributed by atoms with van der Waals surface area (Å²) in [6.07, 6.45) is 3.57. The Morgan fingerprint density at radius 1 is 1.05 bits per heavy atom. The van der Waals surface area contributed by atoms with Crippen LogP contribution in [-0.4, -0.2) is 11.4 Å². The van der Waals surface area contributed by atoms with Crippen molar-refractivity contribution < 1.29 is 9.53 Å². The first-order chi connectivity index (χ1) is 9.60. The number of fused-ring (bicyclic) bond motifs is 1. The van der Waals surface area contributed by atoms with Crippen LogP contribution in [0.1, 0.15) is 63.7 Å². The van der Waals surface area contributed by atoms with Crippen LogP contribution < -0.4 is 4.74 Å². The van der Waals surface area contributed by atoms with E-state index in [1.54, 1.807) is 0 Å². The number of ketones is 1. The van der Waals surface area contributed by atoms with Gasteiger partial charge in [0.05, 0.1) is 12.0 Å². The van der Waals surface area contributed by atoms with Crippen LogP contribution in [0.4, 0.5) is 0 Å². The first-order valence-corrected chi connectivity index (χ1v) is 8.41. The zero-order valence-electron chi connectivity index (χ0n) is 13.3. The minimum absolute atomic E-state index is 0.203. The number of rotatable bonds is 0. The highest BCUT2D eigenvalue weighted by Crippen LogP contribution is 2.54. The van der Waals surface area contributed by atoms with E-state index in [1.807, 2.05) is 18.2 Å². The van der Waals surface area contributed by atoms with E-state index in [-0.39, 0.29) is 22.2 Å². The number of carbonyl (C=O) groups excluding carboxylic acids is 1. The molecule has 1 fully saturated rings. The average Bonchev–Trinajstić information content (AvgIpc) is 2.25. The second-order valence-corrected chi connectivity index (χ2v) is 9.30. The monoisotopic (exact) mass is 350 g/mol. The maximum Gasteiger partial charge on any atom is 0.170 e. The van der Waals surface area contributed by atoms with E-state index < -0.39 is 0 Å². The van der Waals surface area contributed by atoms with Gasteiger partial charge in [-0.2, -0.15) is 0 Å².